The number of nitrogens with one attached hydrogen (secondary N) is 2. The van der Waals surface area contributed by atoms with E-state index in [4.69, 9.17) is 9.47 Å². The lowest BCUT2D eigenvalue weighted by Gasteiger charge is -2.23. The van der Waals surface area contributed by atoms with Crippen LogP contribution in [0.5, 0.6) is 23.0 Å². The van der Waals surface area contributed by atoms with Crippen molar-refractivity contribution < 1.29 is 14.3 Å². The van der Waals surface area contributed by atoms with Crippen LogP contribution in [0.3, 0.4) is 0 Å². The van der Waals surface area contributed by atoms with Gasteiger partial charge in [-0.15, -0.1) is 0 Å². The molecule has 196 valence electrons. The van der Waals surface area contributed by atoms with Crippen molar-refractivity contribution in [2.45, 2.75) is 31.7 Å². The normalized spacial score (nSPS) is 17.5. The summed E-state index contributed by atoms with van der Waals surface area (Å²) in [4.78, 5) is 19.1. The highest BCUT2D eigenvalue weighted by atomic mass is 16.5. The van der Waals surface area contributed by atoms with Crippen molar-refractivity contribution >= 4 is 22.8 Å². The summed E-state index contributed by atoms with van der Waals surface area (Å²) >= 11 is 0. The molecule has 39 heavy (non-hydrogen) atoms. The van der Waals surface area contributed by atoms with Crippen LogP contribution in [-0.2, 0) is 4.79 Å². The van der Waals surface area contributed by atoms with Crippen LogP contribution in [-0.4, -0.2) is 45.1 Å². The van der Waals surface area contributed by atoms with Crippen LogP contribution in [0.25, 0.3) is 11.0 Å². The zero-order chi connectivity index (χ0) is 26.6. The molecule has 1 unspecified atom stereocenters. The third-order valence-corrected chi connectivity index (χ3v) is 7.17. The number of likely N-dealkylation sites (tertiary alicyclic amines) is 1. The molecule has 2 aliphatic rings. The van der Waals surface area contributed by atoms with Crippen LogP contribution >= 0.6 is 0 Å². The number of hydrogen-bond donors (Lipinski definition) is 2. The summed E-state index contributed by atoms with van der Waals surface area (Å²) in [6.45, 7) is 1.08. The number of rotatable bonds is 8. The van der Waals surface area contributed by atoms with Crippen LogP contribution in [0.1, 0.15) is 25.7 Å². The average molecular weight is 521 g/mol. The first kappa shape index (κ1) is 24.5. The largest absolute Gasteiger partial charge is 0.457 e. The quantitative estimate of drug-likeness (QED) is 0.223. The van der Waals surface area contributed by atoms with E-state index in [0.29, 0.717) is 47.7 Å². The number of amides is 1. The first-order valence-corrected chi connectivity index (χ1v) is 13.2. The van der Waals surface area contributed by atoms with Gasteiger partial charge in [-0.1, -0.05) is 30.7 Å². The number of fused-ring (bicyclic) bond motifs is 1. The number of allylic oxidation sites excluding steroid dienone is 1. The first-order valence-electron chi connectivity index (χ1n) is 13.2. The molecule has 2 aromatic heterocycles. The monoisotopic (exact) mass is 520 g/mol. The van der Waals surface area contributed by atoms with Crippen molar-refractivity contribution in [2.24, 2.45) is 5.92 Å². The van der Waals surface area contributed by atoms with E-state index in [1.54, 1.807) is 17.2 Å². The Hall–Kier alpha value is -4.84. The van der Waals surface area contributed by atoms with Crippen LogP contribution in [0.15, 0.2) is 78.5 Å². The van der Waals surface area contributed by atoms with E-state index < -0.39 is 0 Å². The number of carbonyl (C=O) groups excluding carboxylic acids is 1. The van der Waals surface area contributed by atoms with Gasteiger partial charge >= 0.3 is 0 Å². The highest BCUT2D eigenvalue weighted by Gasteiger charge is 2.30. The Bertz CT molecular complexity index is 1540. The number of hydrogen-bond acceptors (Lipinski definition) is 7. The highest BCUT2D eigenvalue weighted by Crippen LogP contribution is 2.35. The van der Waals surface area contributed by atoms with Crippen molar-refractivity contribution in [1.29, 1.82) is 5.26 Å². The van der Waals surface area contributed by atoms with Crippen LogP contribution in [0, 0.1) is 17.2 Å². The molecule has 1 aliphatic heterocycles. The van der Waals surface area contributed by atoms with Crippen molar-refractivity contribution in [3.8, 4) is 29.1 Å². The van der Waals surface area contributed by atoms with Gasteiger partial charge in [-0.2, -0.15) is 10.4 Å². The second kappa shape index (κ2) is 10.9. The second-order valence-corrected chi connectivity index (χ2v) is 9.86. The zero-order valence-electron chi connectivity index (χ0n) is 21.3. The Morgan fingerprint density at radius 3 is 2.49 bits per heavy atom. The van der Waals surface area contributed by atoms with E-state index in [1.807, 2.05) is 60.7 Å². The summed E-state index contributed by atoms with van der Waals surface area (Å²) in [6.07, 6.45) is 7.54. The standard InChI is InChI=1S/C30H28N6O3/c31-18-21(17-20-5-4-6-20)30(37)36-16-14-22(19-36)33-29-27-26(13-15-32-28(27)34-35-29)39-25-11-9-24(10-12-25)38-23-7-2-1-3-8-23/h1-3,7-13,15,17,20,22H,4-6,14,16,19H2,(H2,32,33,34,35). The van der Waals surface area contributed by atoms with E-state index in [9.17, 15) is 10.1 Å². The number of pyridine rings is 1. The minimum absolute atomic E-state index is 0.00781. The van der Waals surface area contributed by atoms with Gasteiger partial charge in [0.15, 0.2) is 11.5 Å². The van der Waals surface area contributed by atoms with Gasteiger partial charge < -0.3 is 19.7 Å². The van der Waals surface area contributed by atoms with Crippen molar-refractivity contribution in [2.75, 3.05) is 18.4 Å². The number of para-hydroxylation sites is 1. The molecule has 1 aliphatic carbocycles. The zero-order valence-corrected chi connectivity index (χ0v) is 21.3. The molecule has 3 heterocycles. The maximum absolute atomic E-state index is 12.9. The Morgan fingerprint density at radius 1 is 1.03 bits per heavy atom. The Balaban J connectivity index is 1.14. The van der Waals surface area contributed by atoms with E-state index in [-0.39, 0.29) is 17.5 Å². The van der Waals surface area contributed by atoms with E-state index in [0.717, 1.165) is 36.8 Å². The molecule has 4 aromatic rings. The van der Waals surface area contributed by atoms with Crippen LogP contribution < -0.4 is 14.8 Å². The van der Waals surface area contributed by atoms with Crippen molar-refractivity contribution in [3.05, 3.63) is 78.5 Å². The summed E-state index contributed by atoms with van der Waals surface area (Å²) < 4.78 is 12.1. The molecule has 0 spiro atoms. The smallest absolute Gasteiger partial charge is 0.264 e. The van der Waals surface area contributed by atoms with E-state index >= 15 is 0 Å². The summed E-state index contributed by atoms with van der Waals surface area (Å²) in [5.41, 5.74) is 0.853. The SMILES string of the molecule is N#CC(=CC1CCC1)C(=O)N1CCC(Nc2n[nH]c3nccc(Oc4ccc(Oc5ccccc5)cc4)c23)C1. The molecule has 9 heteroatoms. The van der Waals surface area contributed by atoms with Gasteiger partial charge in [0.1, 0.15) is 40.0 Å². The topological polar surface area (TPSA) is 116 Å². The van der Waals surface area contributed by atoms with Crippen LogP contribution in [0.4, 0.5) is 5.82 Å². The van der Waals surface area contributed by atoms with Gasteiger partial charge in [-0.3, -0.25) is 9.89 Å². The highest BCUT2D eigenvalue weighted by molar-refractivity contribution is 5.97. The fourth-order valence-electron chi connectivity index (χ4n) is 4.86. The predicted octanol–water partition coefficient (Wildman–Crippen LogP) is 5.81. The number of nitriles is 1. The maximum Gasteiger partial charge on any atom is 0.264 e. The predicted molar refractivity (Wildman–Crippen MR) is 147 cm³/mol. The number of nitrogens with zero attached hydrogens (tertiary/aromatic N) is 4. The van der Waals surface area contributed by atoms with Gasteiger partial charge in [0.05, 0.1) is 0 Å². The van der Waals surface area contributed by atoms with Gasteiger partial charge in [0, 0.05) is 31.4 Å². The van der Waals surface area contributed by atoms with Gasteiger partial charge in [-0.25, -0.2) is 4.98 Å². The molecule has 1 saturated carbocycles. The van der Waals surface area contributed by atoms with E-state index in [1.165, 1.54) is 0 Å². The molecule has 0 radical (unpaired) electrons. The Labute approximate surface area is 226 Å². The maximum atomic E-state index is 12.9. The minimum atomic E-state index is -0.189. The number of aromatic amines is 1. The number of H-pyrrole nitrogens is 1. The Kier molecular flexibility index (Phi) is 6.83. The molecule has 0 bridgehead atoms. The Morgan fingerprint density at radius 2 is 1.77 bits per heavy atom. The molecule has 1 atom stereocenters. The lowest BCUT2D eigenvalue weighted by Crippen LogP contribution is -2.32. The third-order valence-electron chi connectivity index (χ3n) is 7.17. The lowest BCUT2D eigenvalue weighted by molar-refractivity contribution is -0.125. The number of anilines is 1. The average Bonchev–Trinajstić information content (AvgIpc) is 3.58. The van der Waals surface area contributed by atoms with Gasteiger partial charge in [0.25, 0.3) is 5.91 Å². The fourth-order valence-corrected chi connectivity index (χ4v) is 4.86. The molecular formula is C30H28N6O3. The third kappa shape index (κ3) is 5.41. The second-order valence-electron chi connectivity index (χ2n) is 9.86. The summed E-state index contributed by atoms with van der Waals surface area (Å²) in [6, 6.07) is 20.9. The van der Waals surface area contributed by atoms with E-state index in [2.05, 4.69) is 26.6 Å². The lowest BCUT2D eigenvalue weighted by atomic mass is 9.84. The van der Waals surface area contributed by atoms with Crippen molar-refractivity contribution in [1.82, 2.24) is 20.1 Å². The molecule has 9 nitrogen and oxygen atoms in total. The van der Waals surface area contributed by atoms with Crippen LogP contribution in [0.2, 0.25) is 0 Å². The van der Waals surface area contributed by atoms with Gasteiger partial charge in [0.2, 0.25) is 0 Å². The molecule has 6 rings (SSSR count). The molecular weight excluding hydrogens is 492 g/mol. The molecule has 1 saturated heterocycles. The number of benzene rings is 2. The molecule has 1 amide bonds. The number of ether oxygens (including phenoxy) is 2. The molecule has 2 fully saturated rings. The minimum Gasteiger partial charge on any atom is -0.457 e. The first-order chi connectivity index (χ1) is 19.2. The number of aromatic nitrogens is 3. The van der Waals surface area contributed by atoms with Crippen molar-refractivity contribution in [3.63, 3.8) is 0 Å². The van der Waals surface area contributed by atoms with Gasteiger partial charge in [-0.05, 0) is 61.6 Å². The molecule has 2 aromatic carbocycles. The summed E-state index contributed by atoms with van der Waals surface area (Å²) in [5, 5.41) is 21.1. The summed E-state index contributed by atoms with van der Waals surface area (Å²) in [7, 11) is 0. The molecule has 2 N–H and O–H groups in total. The number of carbonyl (C=O) groups is 1. The summed E-state index contributed by atoms with van der Waals surface area (Å²) in [5.74, 6) is 3.51. The fraction of sp³-hybridized carbons (Fsp3) is 0.267.